The Kier molecular flexibility index (Phi) is 9.41. The molecule has 0 spiro atoms. The maximum atomic E-state index is 13.8. The van der Waals surface area contributed by atoms with Gasteiger partial charge in [-0.1, -0.05) is 55.0 Å². The lowest BCUT2D eigenvalue weighted by Gasteiger charge is -2.33. The normalized spacial score (nSPS) is 12.0. The summed E-state index contributed by atoms with van der Waals surface area (Å²) in [6, 6.07) is 19.6. The van der Waals surface area contributed by atoms with Gasteiger partial charge in [-0.15, -0.1) is 0 Å². The number of halogens is 1. The quantitative estimate of drug-likeness (QED) is 0.405. The van der Waals surface area contributed by atoms with Crippen LogP contribution in [0.2, 0.25) is 0 Å². The minimum Gasteiger partial charge on any atom is -0.355 e. The molecule has 0 radical (unpaired) electrons. The molecule has 0 bridgehead atoms. The number of likely N-dealkylation sites (N-methyl/N-ethyl adjacent to an activating group) is 1. The van der Waals surface area contributed by atoms with Crippen LogP contribution in [-0.2, 0) is 26.2 Å². The minimum absolute atomic E-state index is 0.133. The molecular formula is C28H32FN3O4S. The molecule has 1 N–H and O–H groups in total. The first-order chi connectivity index (χ1) is 17.7. The molecular weight excluding hydrogens is 493 g/mol. The fourth-order valence-electron chi connectivity index (χ4n) is 3.97. The summed E-state index contributed by atoms with van der Waals surface area (Å²) in [4.78, 5) is 28.0. The van der Waals surface area contributed by atoms with Gasteiger partial charge in [0.05, 0.1) is 10.6 Å². The van der Waals surface area contributed by atoms with E-state index in [-0.39, 0.29) is 23.0 Å². The van der Waals surface area contributed by atoms with Gasteiger partial charge in [0, 0.05) is 13.1 Å². The molecule has 0 aliphatic rings. The lowest BCUT2D eigenvalue weighted by Crippen LogP contribution is -2.52. The van der Waals surface area contributed by atoms with Crippen LogP contribution in [0.3, 0.4) is 0 Å². The number of benzene rings is 3. The molecule has 0 saturated carbocycles. The Hall–Kier alpha value is -3.72. The summed E-state index contributed by atoms with van der Waals surface area (Å²) in [6.45, 7) is 5.46. The van der Waals surface area contributed by atoms with Gasteiger partial charge in [0.25, 0.3) is 10.0 Å². The van der Waals surface area contributed by atoms with Gasteiger partial charge in [-0.2, -0.15) is 0 Å². The summed E-state index contributed by atoms with van der Waals surface area (Å²) in [5.41, 5.74) is 2.01. The van der Waals surface area contributed by atoms with E-state index in [9.17, 15) is 22.4 Å². The number of anilines is 1. The van der Waals surface area contributed by atoms with E-state index in [1.165, 1.54) is 17.0 Å². The van der Waals surface area contributed by atoms with Gasteiger partial charge in [-0.3, -0.25) is 13.9 Å². The van der Waals surface area contributed by atoms with Crippen LogP contribution in [0, 0.1) is 12.7 Å². The van der Waals surface area contributed by atoms with Crippen molar-refractivity contribution in [3.8, 4) is 0 Å². The molecule has 196 valence electrons. The number of nitrogens with zero attached hydrogens (tertiary/aromatic N) is 2. The van der Waals surface area contributed by atoms with Crippen molar-refractivity contribution in [2.75, 3.05) is 17.4 Å². The Morgan fingerprint density at radius 3 is 2.11 bits per heavy atom. The monoisotopic (exact) mass is 525 g/mol. The number of hydrogen-bond donors (Lipinski definition) is 1. The molecule has 37 heavy (non-hydrogen) atoms. The molecule has 0 fully saturated rings. The highest BCUT2D eigenvalue weighted by Gasteiger charge is 2.33. The molecule has 3 aromatic rings. The molecule has 9 heteroatoms. The first-order valence-corrected chi connectivity index (χ1v) is 13.6. The average Bonchev–Trinajstić information content (AvgIpc) is 2.88. The fraction of sp³-hybridized carbons (Fsp3) is 0.286. The lowest BCUT2D eigenvalue weighted by molar-refractivity contribution is -0.140. The predicted octanol–water partition coefficient (Wildman–Crippen LogP) is 4.27. The number of nitrogens with one attached hydrogen (secondary N) is 1. The van der Waals surface area contributed by atoms with Gasteiger partial charge in [-0.25, -0.2) is 12.8 Å². The van der Waals surface area contributed by atoms with Crippen LogP contribution in [-0.4, -0.2) is 44.3 Å². The first-order valence-electron chi connectivity index (χ1n) is 12.1. The highest BCUT2D eigenvalue weighted by atomic mass is 32.2. The number of amides is 2. The van der Waals surface area contributed by atoms with Crippen LogP contribution in [0.25, 0.3) is 0 Å². The standard InChI is InChI=1S/C28H32FN3O4S/c1-4-26(28(34)30-5-2)31(19-22-9-7-6-8-10-22)27(33)20-32(24-15-11-21(3)12-16-24)37(35,36)25-17-13-23(29)14-18-25/h6-18,26H,4-5,19-20H2,1-3H3,(H,30,34)/t26-/m0/s1. The van der Waals surface area contributed by atoms with E-state index in [0.29, 0.717) is 13.0 Å². The lowest BCUT2D eigenvalue weighted by atomic mass is 10.1. The number of sulfonamides is 1. The highest BCUT2D eigenvalue weighted by molar-refractivity contribution is 7.92. The number of carbonyl (C=O) groups excluding carboxylic acids is 2. The zero-order valence-electron chi connectivity index (χ0n) is 21.2. The SMILES string of the molecule is CCNC(=O)[C@H](CC)N(Cc1ccccc1)C(=O)CN(c1ccc(C)cc1)S(=O)(=O)c1ccc(F)cc1. The van der Waals surface area contributed by atoms with Crippen LogP contribution in [0.4, 0.5) is 10.1 Å². The van der Waals surface area contributed by atoms with E-state index >= 15 is 0 Å². The second-order valence-electron chi connectivity index (χ2n) is 8.63. The Labute approximate surface area is 218 Å². The maximum absolute atomic E-state index is 13.8. The largest absolute Gasteiger partial charge is 0.355 e. The molecule has 0 aliphatic heterocycles. The number of rotatable bonds is 11. The van der Waals surface area contributed by atoms with Crippen molar-refractivity contribution in [3.05, 3.63) is 95.8 Å². The zero-order chi connectivity index (χ0) is 27.0. The van der Waals surface area contributed by atoms with Gasteiger partial charge in [0.1, 0.15) is 18.4 Å². The van der Waals surface area contributed by atoms with Crippen molar-refractivity contribution in [1.82, 2.24) is 10.2 Å². The molecule has 3 rings (SSSR count). The summed E-state index contributed by atoms with van der Waals surface area (Å²) in [7, 11) is -4.23. The van der Waals surface area contributed by atoms with E-state index in [1.807, 2.05) is 37.3 Å². The van der Waals surface area contributed by atoms with E-state index in [1.54, 1.807) is 38.1 Å². The van der Waals surface area contributed by atoms with Crippen LogP contribution < -0.4 is 9.62 Å². The first kappa shape index (κ1) is 27.9. The summed E-state index contributed by atoms with van der Waals surface area (Å²) < 4.78 is 41.9. The van der Waals surface area contributed by atoms with Gasteiger partial charge in [-0.05, 0) is 62.2 Å². The van der Waals surface area contributed by atoms with Crippen LogP contribution >= 0.6 is 0 Å². The van der Waals surface area contributed by atoms with E-state index < -0.39 is 34.3 Å². The van der Waals surface area contributed by atoms with E-state index in [0.717, 1.165) is 27.6 Å². The molecule has 0 unspecified atom stereocenters. The van der Waals surface area contributed by atoms with E-state index in [4.69, 9.17) is 0 Å². The van der Waals surface area contributed by atoms with Gasteiger partial charge < -0.3 is 10.2 Å². The minimum atomic E-state index is -4.23. The second kappa shape index (κ2) is 12.5. The Morgan fingerprint density at radius 1 is 0.919 bits per heavy atom. The Balaban J connectivity index is 2.04. The van der Waals surface area contributed by atoms with Crippen molar-refractivity contribution >= 4 is 27.5 Å². The highest BCUT2D eigenvalue weighted by Crippen LogP contribution is 2.25. The molecule has 0 aliphatic carbocycles. The second-order valence-corrected chi connectivity index (χ2v) is 10.5. The van der Waals surface area contributed by atoms with Crippen LogP contribution in [0.15, 0.2) is 83.8 Å². The molecule has 0 heterocycles. The summed E-state index contributed by atoms with van der Waals surface area (Å²) in [6.07, 6.45) is 0.347. The molecule has 2 amide bonds. The third kappa shape index (κ3) is 6.95. The molecule has 0 saturated heterocycles. The van der Waals surface area contributed by atoms with Crippen LogP contribution in [0.1, 0.15) is 31.4 Å². The molecule has 7 nitrogen and oxygen atoms in total. The summed E-state index contributed by atoms with van der Waals surface area (Å²) >= 11 is 0. The smallest absolute Gasteiger partial charge is 0.264 e. The Bertz CT molecular complexity index is 1300. The van der Waals surface area contributed by atoms with Gasteiger partial charge in [0.15, 0.2) is 0 Å². The maximum Gasteiger partial charge on any atom is 0.264 e. The van der Waals surface area contributed by atoms with Gasteiger partial charge in [0.2, 0.25) is 11.8 Å². The molecule has 3 aromatic carbocycles. The third-order valence-corrected chi connectivity index (χ3v) is 7.72. The van der Waals surface area contributed by atoms with E-state index in [2.05, 4.69) is 5.32 Å². The fourth-order valence-corrected chi connectivity index (χ4v) is 5.38. The third-order valence-electron chi connectivity index (χ3n) is 5.94. The topological polar surface area (TPSA) is 86.8 Å². The molecule has 0 aromatic heterocycles. The van der Waals surface area contributed by atoms with Crippen molar-refractivity contribution in [1.29, 1.82) is 0 Å². The summed E-state index contributed by atoms with van der Waals surface area (Å²) in [5, 5.41) is 2.77. The van der Waals surface area contributed by atoms with Crippen molar-refractivity contribution in [3.63, 3.8) is 0 Å². The van der Waals surface area contributed by atoms with Crippen molar-refractivity contribution in [2.24, 2.45) is 0 Å². The average molecular weight is 526 g/mol. The van der Waals surface area contributed by atoms with Gasteiger partial charge >= 0.3 is 0 Å². The molecule has 1 atom stereocenters. The predicted molar refractivity (Wildman–Crippen MR) is 142 cm³/mol. The summed E-state index contributed by atoms with van der Waals surface area (Å²) in [5.74, 6) is -1.41. The van der Waals surface area contributed by atoms with Crippen molar-refractivity contribution in [2.45, 2.75) is 44.7 Å². The van der Waals surface area contributed by atoms with Crippen molar-refractivity contribution < 1.29 is 22.4 Å². The Morgan fingerprint density at radius 2 is 1.54 bits per heavy atom. The number of aryl methyl sites for hydroxylation is 1. The zero-order valence-corrected chi connectivity index (χ0v) is 22.0. The number of carbonyl (C=O) groups is 2. The van der Waals surface area contributed by atoms with Crippen LogP contribution in [0.5, 0.6) is 0 Å². The number of hydrogen-bond acceptors (Lipinski definition) is 4.